The Balaban J connectivity index is 3.60. The SMILES string of the molecule is COCCN(C)CCNC(=O)NC(C)C(=O)O. The van der Waals surface area contributed by atoms with Gasteiger partial charge in [-0.05, 0) is 14.0 Å². The Hall–Kier alpha value is -1.34. The van der Waals surface area contributed by atoms with E-state index in [0.29, 0.717) is 19.7 Å². The number of aliphatic carboxylic acids is 1. The Morgan fingerprint density at radius 2 is 2.06 bits per heavy atom. The topological polar surface area (TPSA) is 90.9 Å². The molecule has 0 aliphatic carbocycles. The maximum atomic E-state index is 11.2. The van der Waals surface area contributed by atoms with Crippen molar-refractivity contribution in [1.82, 2.24) is 15.5 Å². The van der Waals surface area contributed by atoms with Crippen LogP contribution in [0.3, 0.4) is 0 Å². The van der Waals surface area contributed by atoms with Gasteiger partial charge in [-0.3, -0.25) is 4.79 Å². The van der Waals surface area contributed by atoms with Crippen molar-refractivity contribution in [2.24, 2.45) is 0 Å². The summed E-state index contributed by atoms with van der Waals surface area (Å²) in [4.78, 5) is 23.7. The van der Waals surface area contributed by atoms with E-state index in [0.717, 1.165) is 6.54 Å². The number of nitrogens with zero attached hydrogens (tertiary/aromatic N) is 1. The molecule has 0 fully saturated rings. The third-order valence-corrected chi connectivity index (χ3v) is 2.17. The van der Waals surface area contributed by atoms with E-state index < -0.39 is 18.0 Å². The molecule has 1 atom stereocenters. The highest BCUT2D eigenvalue weighted by Gasteiger charge is 2.13. The Morgan fingerprint density at radius 1 is 1.41 bits per heavy atom. The number of carboxylic acids is 1. The fraction of sp³-hybridized carbons (Fsp3) is 0.800. The molecule has 3 N–H and O–H groups in total. The van der Waals surface area contributed by atoms with Crippen LogP contribution in [0.5, 0.6) is 0 Å². The van der Waals surface area contributed by atoms with Gasteiger partial charge in [-0.1, -0.05) is 0 Å². The molecule has 100 valence electrons. The van der Waals surface area contributed by atoms with Crippen LogP contribution in [-0.2, 0) is 9.53 Å². The summed E-state index contributed by atoms with van der Waals surface area (Å²) in [6.07, 6.45) is 0. The van der Waals surface area contributed by atoms with Crippen molar-refractivity contribution >= 4 is 12.0 Å². The second-order valence-electron chi connectivity index (χ2n) is 3.76. The van der Waals surface area contributed by atoms with E-state index >= 15 is 0 Å². The van der Waals surface area contributed by atoms with E-state index in [9.17, 15) is 9.59 Å². The zero-order valence-electron chi connectivity index (χ0n) is 10.5. The summed E-state index contributed by atoms with van der Waals surface area (Å²) in [5.41, 5.74) is 0. The van der Waals surface area contributed by atoms with E-state index in [-0.39, 0.29) is 0 Å². The Labute approximate surface area is 101 Å². The first-order valence-corrected chi connectivity index (χ1v) is 5.42. The fourth-order valence-electron chi connectivity index (χ4n) is 1.03. The third-order valence-electron chi connectivity index (χ3n) is 2.17. The molecule has 2 amide bonds. The predicted octanol–water partition coefficient (Wildman–Crippen LogP) is -0.663. The maximum absolute atomic E-state index is 11.2. The Bertz CT molecular complexity index is 248. The highest BCUT2D eigenvalue weighted by molar-refractivity contribution is 5.82. The van der Waals surface area contributed by atoms with Gasteiger partial charge in [-0.25, -0.2) is 4.79 Å². The number of carbonyl (C=O) groups excluding carboxylic acids is 1. The molecule has 1 unspecified atom stereocenters. The number of methoxy groups -OCH3 is 1. The molecule has 0 bridgehead atoms. The number of rotatable bonds is 8. The van der Waals surface area contributed by atoms with Gasteiger partial charge in [-0.15, -0.1) is 0 Å². The molecule has 0 aromatic carbocycles. The van der Waals surface area contributed by atoms with Gasteiger partial charge in [0.25, 0.3) is 0 Å². The number of amides is 2. The lowest BCUT2D eigenvalue weighted by Crippen LogP contribution is -2.46. The van der Waals surface area contributed by atoms with Crippen LogP contribution < -0.4 is 10.6 Å². The monoisotopic (exact) mass is 247 g/mol. The molecule has 0 aromatic heterocycles. The third kappa shape index (κ3) is 8.47. The molecule has 0 rings (SSSR count). The Kier molecular flexibility index (Phi) is 8.08. The standard InChI is InChI=1S/C10H21N3O4/c1-8(9(14)15)12-10(16)11-4-5-13(2)6-7-17-3/h8H,4-7H2,1-3H3,(H,14,15)(H2,11,12,16). The molecule has 0 radical (unpaired) electrons. The van der Waals surface area contributed by atoms with Crippen LogP contribution in [0.2, 0.25) is 0 Å². The van der Waals surface area contributed by atoms with Gasteiger partial charge < -0.3 is 25.4 Å². The molecule has 0 aliphatic rings. The predicted molar refractivity (Wildman–Crippen MR) is 63.0 cm³/mol. The number of urea groups is 1. The molecule has 7 nitrogen and oxygen atoms in total. The van der Waals surface area contributed by atoms with E-state index in [1.165, 1.54) is 6.92 Å². The van der Waals surface area contributed by atoms with Gasteiger partial charge in [0.2, 0.25) is 0 Å². The first kappa shape index (κ1) is 15.7. The molecule has 0 heterocycles. The van der Waals surface area contributed by atoms with Crippen LogP contribution >= 0.6 is 0 Å². The summed E-state index contributed by atoms with van der Waals surface area (Å²) in [6, 6.07) is -1.36. The summed E-state index contributed by atoms with van der Waals surface area (Å²) >= 11 is 0. The minimum absolute atomic E-state index is 0.457. The van der Waals surface area contributed by atoms with Gasteiger partial charge in [0.05, 0.1) is 6.61 Å². The van der Waals surface area contributed by atoms with Gasteiger partial charge in [0.15, 0.2) is 0 Å². The number of ether oxygens (including phenoxy) is 1. The number of likely N-dealkylation sites (N-methyl/N-ethyl adjacent to an activating group) is 1. The minimum atomic E-state index is -1.06. The highest BCUT2D eigenvalue weighted by atomic mass is 16.5. The van der Waals surface area contributed by atoms with Crippen LogP contribution in [0.25, 0.3) is 0 Å². The van der Waals surface area contributed by atoms with Crippen LogP contribution in [0.4, 0.5) is 4.79 Å². The molecule has 0 saturated carbocycles. The van der Waals surface area contributed by atoms with Gasteiger partial charge in [-0.2, -0.15) is 0 Å². The number of carbonyl (C=O) groups is 2. The van der Waals surface area contributed by atoms with Crippen LogP contribution in [0, 0.1) is 0 Å². The molecule has 0 spiro atoms. The number of carboxylic acid groups (broad SMARTS) is 1. The minimum Gasteiger partial charge on any atom is -0.480 e. The first-order chi connectivity index (χ1) is 7.97. The van der Waals surface area contributed by atoms with Crippen molar-refractivity contribution in [3.63, 3.8) is 0 Å². The molecular weight excluding hydrogens is 226 g/mol. The van der Waals surface area contributed by atoms with Crippen LogP contribution in [-0.4, -0.2) is 68.4 Å². The van der Waals surface area contributed by atoms with E-state index in [1.807, 2.05) is 11.9 Å². The van der Waals surface area contributed by atoms with Crippen molar-refractivity contribution in [3.8, 4) is 0 Å². The molecular formula is C10H21N3O4. The average Bonchev–Trinajstić information content (AvgIpc) is 2.26. The molecule has 17 heavy (non-hydrogen) atoms. The lowest BCUT2D eigenvalue weighted by molar-refractivity contribution is -0.138. The summed E-state index contributed by atoms with van der Waals surface area (Å²) in [5.74, 6) is -1.06. The summed E-state index contributed by atoms with van der Waals surface area (Å²) in [5, 5.41) is 13.5. The van der Waals surface area contributed by atoms with Gasteiger partial charge in [0, 0.05) is 26.7 Å². The Morgan fingerprint density at radius 3 is 2.59 bits per heavy atom. The number of nitrogens with one attached hydrogen (secondary N) is 2. The maximum Gasteiger partial charge on any atom is 0.325 e. The van der Waals surface area contributed by atoms with Crippen LogP contribution in [0.15, 0.2) is 0 Å². The smallest absolute Gasteiger partial charge is 0.325 e. The largest absolute Gasteiger partial charge is 0.480 e. The molecule has 7 heteroatoms. The summed E-state index contributed by atoms with van der Waals surface area (Å²) in [7, 11) is 3.55. The first-order valence-electron chi connectivity index (χ1n) is 5.42. The zero-order valence-corrected chi connectivity index (χ0v) is 10.5. The van der Waals surface area contributed by atoms with Gasteiger partial charge >= 0.3 is 12.0 Å². The second kappa shape index (κ2) is 8.77. The number of hydrogen-bond donors (Lipinski definition) is 3. The molecule has 0 aromatic rings. The summed E-state index contributed by atoms with van der Waals surface area (Å²) in [6.45, 7) is 3.97. The molecule has 0 aliphatic heterocycles. The van der Waals surface area contributed by atoms with Crippen molar-refractivity contribution in [3.05, 3.63) is 0 Å². The normalized spacial score (nSPS) is 12.2. The summed E-state index contributed by atoms with van der Waals surface area (Å²) < 4.78 is 4.91. The fourth-order valence-corrected chi connectivity index (χ4v) is 1.03. The van der Waals surface area contributed by atoms with Crippen LogP contribution in [0.1, 0.15) is 6.92 Å². The lowest BCUT2D eigenvalue weighted by atomic mass is 10.3. The second-order valence-corrected chi connectivity index (χ2v) is 3.76. The number of hydrogen-bond acceptors (Lipinski definition) is 4. The van der Waals surface area contributed by atoms with E-state index in [1.54, 1.807) is 7.11 Å². The zero-order chi connectivity index (χ0) is 13.3. The van der Waals surface area contributed by atoms with Crippen molar-refractivity contribution in [1.29, 1.82) is 0 Å². The average molecular weight is 247 g/mol. The van der Waals surface area contributed by atoms with E-state index in [4.69, 9.17) is 9.84 Å². The van der Waals surface area contributed by atoms with Gasteiger partial charge in [0.1, 0.15) is 6.04 Å². The van der Waals surface area contributed by atoms with E-state index in [2.05, 4.69) is 10.6 Å². The van der Waals surface area contributed by atoms with Crippen molar-refractivity contribution in [2.75, 3.05) is 40.4 Å². The van der Waals surface area contributed by atoms with Crippen molar-refractivity contribution in [2.45, 2.75) is 13.0 Å². The van der Waals surface area contributed by atoms with Crippen molar-refractivity contribution < 1.29 is 19.4 Å². The lowest BCUT2D eigenvalue weighted by Gasteiger charge is -2.16. The molecule has 0 saturated heterocycles. The highest BCUT2D eigenvalue weighted by Crippen LogP contribution is 1.83. The quantitative estimate of drug-likeness (QED) is 0.529.